The van der Waals surface area contributed by atoms with Gasteiger partial charge in [0, 0.05) is 17.7 Å². The van der Waals surface area contributed by atoms with Crippen LogP contribution < -0.4 is 5.32 Å². The fourth-order valence-corrected chi connectivity index (χ4v) is 2.15. The number of nitro benzene ring substituents is 1. The van der Waals surface area contributed by atoms with Gasteiger partial charge in [0.15, 0.2) is 0 Å². The van der Waals surface area contributed by atoms with Crippen LogP contribution in [0.4, 0.5) is 10.1 Å². The molecular formula is C14H17FN2O3. The van der Waals surface area contributed by atoms with Gasteiger partial charge in [-0.05, 0) is 30.9 Å². The molecule has 108 valence electrons. The highest BCUT2D eigenvalue weighted by molar-refractivity contribution is 5.94. The van der Waals surface area contributed by atoms with Crippen molar-refractivity contribution in [2.45, 2.75) is 38.6 Å². The number of carbonyl (C=O) groups is 1. The summed E-state index contributed by atoms with van der Waals surface area (Å²) in [5.41, 5.74) is -0.506. The lowest BCUT2D eigenvalue weighted by Gasteiger charge is -2.16. The maximum absolute atomic E-state index is 13.5. The van der Waals surface area contributed by atoms with Crippen molar-refractivity contribution < 1.29 is 14.1 Å². The lowest BCUT2D eigenvalue weighted by molar-refractivity contribution is -0.387. The van der Waals surface area contributed by atoms with Gasteiger partial charge < -0.3 is 5.32 Å². The van der Waals surface area contributed by atoms with Crippen molar-refractivity contribution in [1.29, 1.82) is 0 Å². The molecule has 0 bridgehead atoms. The molecule has 0 saturated heterocycles. The zero-order chi connectivity index (χ0) is 14.7. The molecule has 0 radical (unpaired) electrons. The molecule has 1 aromatic rings. The lowest BCUT2D eigenvalue weighted by Crippen LogP contribution is -2.34. The van der Waals surface area contributed by atoms with Gasteiger partial charge in [0.1, 0.15) is 0 Å². The highest BCUT2D eigenvalue weighted by Crippen LogP contribution is 2.34. The SMILES string of the molecule is CCC(CC1CC1)NC(=O)c1ccc([N+](=O)[O-])c(F)c1. The van der Waals surface area contributed by atoms with Crippen molar-refractivity contribution in [3.8, 4) is 0 Å². The molecule has 0 heterocycles. The second-order valence-electron chi connectivity index (χ2n) is 5.18. The van der Waals surface area contributed by atoms with E-state index in [-0.39, 0.29) is 17.5 Å². The lowest BCUT2D eigenvalue weighted by atomic mass is 10.1. The first-order valence-electron chi connectivity index (χ1n) is 6.76. The quantitative estimate of drug-likeness (QED) is 0.643. The van der Waals surface area contributed by atoms with Gasteiger partial charge in [-0.15, -0.1) is 0 Å². The molecule has 6 heteroatoms. The number of halogens is 1. The molecule has 1 saturated carbocycles. The third kappa shape index (κ3) is 3.53. The Hall–Kier alpha value is -1.98. The third-order valence-electron chi connectivity index (χ3n) is 3.55. The average Bonchev–Trinajstić information content (AvgIpc) is 3.21. The summed E-state index contributed by atoms with van der Waals surface area (Å²) in [5.74, 6) is -0.682. The largest absolute Gasteiger partial charge is 0.349 e. The number of hydrogen-bond donors (Lipinski definition) is 1. The Kier molecular flexibility index (Phi) is 4.32. The van der Waals surface area contributed by atoms with Gasteiger partial charge in [-0.25, -0.2) is 0 Å². The number of nitrogens with zero attached hydrogens (tertiary/aromatic N) is 1. The van der Waals surface area contributed by atoms with E-state index >= 15 is 0 Å². The number of carbonyl (C=O) groups excluding carboxylic acids is 1. The molecule has 5 nitrogen and oxygen atoms in total. The first-order chi connectivity index (χ1) is 9.51. The van der Waals surface area contributed by atoms with Crippen LogP contribution in [0.3, 0.4) is 0 Å². The van der Waals surface area contributed by atoms with Gasteiger partial charge in [0.25, 0.3) is 5.91 Å². The molecule has 1 aromatic carbocycles. The minimum absolute atomic E-state index is 0.0771. The van der Waals surface area contributed by atoms with E-state index in [0.29, 0.717) is 5.92 Å². The summed E-state index contributed by atoms with van der Waals surface area (Å²) in [6.45, 7) is 1.99. The molecule has 1 N–H and O–H groups in total. The van der Waals surface area contributed by atoms with E-state index in [2.05, 4.69) is 5.32 Å². The monoisotopic (exact) mass is 280 g/mol. The van der Waals surface area contributed by atoms with Crippen LogP contribution in [0.5, 0.6) is 0 Å². The normalized spacial score (nSPS) is 15.7. The van der Waals surface area contributed by atoms with Crippen LogP contribution in [-0.4, -0.2) is 16.9 Å². The van der Waals surface area contributed by atoms with Crippen LogP contribution in [0.1, 0.15) is 43.0 Å². The summed E-state index contributed by atoms with van der Waals surface area (Å²) in [5, 5.41) is 13.4. The summed E-state index contributed by atoms with van der Waals surface area (Å²) in [6.07, 6.45) is 4.17. The molecule has 0 spiro atoms. The van der Waals surface area contributed by atoms with Crippen LogP contribution in [-0.2, 0) is 0 Å². The minimum atomic E-state index is -0.988. The Bertz CT molecular complexity index is 529. The Morgan fingerprint density at radius 2 is 2.25 bits per heavy atom. The van der Waals surface area contributed by atoms with Gasteiger partial charge in [0.2, 0.25) is 5.82 Å². The van der Waals surface area contributed by atoms with Crippen molar-refractivity contribution in [2.24, 2.45) is 5.92 Å². The molecule has 2 rings (SSSR count). The van der Waals surface area contributed by atoms with E-state index in [1.165, 1.54) is 18.9 Å². The smallest absolute Gasteiger partial charge is 0.304 e. The Balaban J connectivity index is 2.04. The van der Waals surface area contributed by atoms with Gasteiger partial charge in [-0.3, -0.25) is 14.9 Å². The van der Waals surface area contributed by atoms with Gasteiger partial charge in [0.05, 0.1) is 4.92 Å². The van der Waals surface area contributed by atoms with Crippen LogP contribution >= 0.6 is 0 Å². The highest BCUT2D eigenvalue weighted by atomic mass is 19.1. The number of amides is 1. The van der Waals surface area contributed by atoms with Crippen LogP contribution in [0, 0.1) is 21.8 Å². The molecule has 1 unspecified atom stereocenters. The summed E-state index contributed by atoms with van der Waals surface area (Å²) in [6, 6.07) is 3.29. The van der Waals surface area contributed by atoms with Crippen molar-refractivity contribution in [3.05, 3.63) is 39.7 Å². The molecule has 1 fully saturated rings. The zero-order valence-corrected chi connectivity index (χ0v) is 11.3. The Morgan fingerprint density at radius 3 is 2.75 bits per heavy atom. The number of nitrogens with one attached hydrogen (secondary N) is 1. The van der Waals surface area contributed by atoms with Gasteiger partial charge in [-0.2, -0.15) is 4.39 Å². The summed E-state index contributed by atoms with van der Waals surface area (Å²) < 4.78 is 13.5. The Labute approximate surface area is 116 Å². The fraction of sp³-hybridized carbons (Fsp3) is 0.500. The topological polar surface area (TPSA) is 72.2 Å². The van der Waals surface area contributed by atoms with E-state index in [9.17, 15) is 19.3 Å². The molecule has 0 aliphatic heterocycles. The van der Waals surface area contributed by atoms with E-state index in [1.807, 2.05) is 6.92 Å². The number of nitro groups is 1. The highest BCUT2D eigenvalue weighted by Gasteiger charge is 2.26. The molecule has 1 atom stereocenters. The maximum atomic E-state index is 13.5. The standard InChI is InChI=1S/C14H17FN2O3/c1-2-11(7-9-3-4-9)16-14(18)10-5-6-13(17(19)20)12(15)8-10/h5-6,8-9,11H,2-4,7H2,1H3,(H,16,18). The first kappa shape index (κ1) is 14.4. The summed E-state index contributed by atoms with van der Waals surface area (Å²) in [7, 11) is 0. The summed E-state index contributed by atoms with van der Waals surface area (Å²) in [4.78, 5) is 21.7. The van der Waals surface area contributed by atoms with Crippen LogP contribution in [0.15, 0.2) is 18.2 Å². The van der Waals surface area contributed by atoms with E-state index in [1.54, 1.807) is 0 Å². The maximum Gasteiger partial charge on any atom is 0.304 e. The number of rotatable bonds is 6. The second kappa shape index (κ2) is 5.98. The third-order valence-corrected chi connectivity index (χ3v) is 3.55. The van der Waals surface area contributed by atoms with Gasteiger partial charge >= 0.3 is 5.69 Å². The number of benzene rings is 1. The van der Waals surface area contributed by atoms with Gasteiger partial charge in [-0.1, -0.05) is 19.8 Å². The van der Waals surface area contributed by atoms with Crippen molar-refractivity contribution in [2.75, 3.05) is 0 Å². The Morgan fingerprint density at radius 1 is 1.55 bits per heavy atom. The molecule has 1 aliphatic carbocycles. The second-order valence-corrected chi connectivity index (χ2v) is 5.18. The van der Waals surface area contributed by atoms with E-state index in [4.69, 9.17) is 0 Å². The molecule has 0 aromatic heterocycles. The number of hydrogen-bond acceptors (Lipinski definition) is 3. The summed E-state index contributed by atoms with van der Waals surface area (Å²) >= 11 is 0. The van der Waals surface area contributed by atoms with Crippen molar-refractivity contribution in [1.82, 2.24) is 5.32 Å². The van der Waals surface area contributed by atoms with E-state index < -0.39 is 16.4 Å². The van der Waals surface area contributed by atoms with Crippen molar-refractivity contribution >= 4 is 11.6 Å². The zero-order valence-electron chi connectivity index (χ0n) is 11.3. The minimum Gasteiger partial charge on any atom is -0.349 e. The fourth-order valence-electron chi connectivity index (χ4n) is 2.15. The molecule has 1 aliphatic rings. The van der Waals surface area contributed by atoms with Crippen LogP contribution in [0.2, 0.25) is 0 Å². The van der Waals surface area contributed by atoms with E-state index in [0.717, 1.165) is 25.0 Å². The molecular weight excluding hydrogens is 263 g/mol. The van der Waals surface area contributed by atoms with Crippen molar-refractivity contribution in [3.63, 3.8) is 0 Å². The first-order valence-corrected chi connectivity index (χ1v) is 6.76. The molecule has 1 amide bonds. The predicted octanol–water partition coefficient (Wildman–Crippen LogP) is 3.04. The average molecular weight is 280 g/mol. The predicted molar refractivity (Wildman–Crippen MR) is 71.9 cm³/mol. The van der Waals surface area contributed by atoms with Crippen LogP contribution in [0.25, 0.3) is 0 Å². The molecule has 20 heavy (non-hydrogen) atoms.